The van der Waals surface area contributed by atoms with E-state index in [0.29, 0.717) is 5.75 Å². The third kappa shape index (κ3) is 13.1. The molecule has 5 nitrogen and oxygen atoms in total. The van der Waals surface area contributed by atoms with Crippen molar-refractivity contribution in [3.8, 4) is 11.5 Å². The largest absolute Gasteiger partial charge is 1.00 e. The second kappa shape index (κ2) is 18.0. The van der Waals surface area contributed by atoms with Crippen molar-refractivity contribution in [1.82, 2.24) is 0 Å². The van der Waals surface area contributed by atoms with Crippen LogP contribution in [-0.2, 0) is 17.8 Å². The number of hydrogen-bond donors (Lipinski definition) is 3. The van der Waals surface area contributed by atoms with Gasteiger partial charge in [-0.25, -0.2) is 0 Å². The molecular formula is C29H53KO5S. The topological polar surface area (TPSA) is 87.0 Å². The summed E-state index contributed by atoms with van der Waals surface area (Å²) in [5.41, 5.74) is 4.23. The van der Waals surface area contributed by atoms with E-state index in [9.17, 15) is 5.11 Å². The molecule has 0 bridgehead atoms. The van der Waals surface area contributed by atoms with E-state index in [4.69, 9.17) is 18.1 Å². The van der Waals surface area contributed by atoms with Crippen molar-refractivity contribution < 1.29 is 76.0 Å². The third-order valence-corrected chi connectivity index (χ3v) is 7.87. The molecule has 0 fully saturated rings. The van der Waals surface area contributed by atoms with Crippen LogP contribution in [0.4, 0.5) is 0 Å². The molecule has 0 radical (unpaired) electrons. The molecule has 0 saturated heterocycles. The Hall–Kier alpha value is 0.526. The van der Waals surface area contributed by atoms with Gasteiger partial charge in [-0.1, -0.05) is 72.6 Å². The number of hydrogen-bond acceptors (Lipinski definition) is 3. The van der Waals surface area contributed by atoms with Crippen molar-refractivity contribution in [3.05, 3.63) is 22.3 Å². The maximum Gasteiger partial charge on any atom is 1.00 e. The van der Waals surface area contributed by atoms with Crippen LogP contribution in [-0.4, -0.2) is 24.0 Å². The van der Waals surface area contributed by atoms with E-state index in [2.05, 4.69) is 41.5 Å². The Bertz CT molecular complexity index is 816. The predicted octanol–water partition coefficient (Wildman–Crippen LogP) is 5.64. The molecule has 7 heteroatoms. The van der Waals surface area contributed by atoms with Gasteiger partial charge in [-0.2, -0.15) is 4.21 Å². The van der Waals surface area contributed by atoms with Crippen LogP contribution < -0.4 is 56.1 Å². The Morgan fingerprint density at radius 2 is 1.36 bits per heavy atom. The molecule has 206 valence electrons. The van der Waals surface area contributed by atoms with Gasteiger partial charge in [0.15, 0.2) is 0 Å². The third-order valence-electron chi connectivity index (χ3n) is 7.87. The zero-order chi connectivity index (χ0) is 26.8. The summed E-state index contributed by atoms with van der Waals surface area (Å²) in [6.45, 7) is 17.9. The molecule has 0 saturated carbocycles. The van der Waals surface area contributed by atoms with Crippen LogP contribution in [0.5, 0.6) is 11.5 Å². The summed E-state index contributed by atoms with van der Waals surface area (Å²) in [6, 6.07) is 0. The van der Waals surface area contributed by atoms with E-state index < -0.39 is 11.4 Å². The van der Waals surface area contributed by atoms with E-state index in [1.807, 2.05) is 13.8 Å². The number of rotatable bonds is 12. The number of aromatic hydroxyl groups is 1. The molecule has 0 aliphatic carbocycles. The number of phenols is 1. The number of ether oxygens (including phenoxy) is 1. The molecule has 1 aromatic carbocycles. The maximum atomic E-state index is 10.4. The minimum Gasteiger partial charge on any atom is -1.00 e. The minimum atomic E-state index is -2.61. The predicted molar refractivity (Wildman–Crippen MR) is 149 cm³/mol. The van der Waals surface area contributed by atoms with Crippen LogP contribution in [0.3, 0.4) is 0 Å². The Morgan fingerprint density at radius 1 is 0.889 bits per heavy atom. The molecule has 3 atom stereocenters. The molecule has 2 rings (SSSR count). The Kier molecular flexibility index (Phi) is 18.2. The normalized spacial score (nSPS) is 18.6. The van der Waals surface area contributed by atoms with Crippen LogP contribution >= 0.6 is 0 Å². The Morgan fingerprint density at radius 3 is 1.86 bits per heavy atom. The van der Waals surface area contributed by atoms with Crippen molar-refractivity contribution in [3.63, 3.8) is 0 Å². The van der Waals surface area contributed by atoms with E-state index >= 15 is 0 Å². The summed E-state index contributed by atoms with van der Waals surface area (Å²) in [6.07, 6.45) is 14.1. The van der Waals surface area contributed by atoms with Gasteiger partial charge in [0.25, 0.3) is 11.4 Å². The summed E-state index contributed by atoms with van der Waals surface area (Å²) in [7, 11) is 0. The fourth-order valence-corrected chi connectivity index (χ4v) is 5.27. The molecule has 0 aromatic heterocycles. The number of fused-ring (bicyclic) bond motifs is 1. The van der Waals surface area contributed by atoms with Crippen molar-refractivity contribution in [1.29, 1.82) is 0 Å². The molecule has 36 heavy (non-hydrogen) atoms. The summed E-state index contributed by atoms with van der Waals surface area (Å²) in [5.74, 6) is 4.04. The molecule has 0 amide bonds. The van der Waals surface area contributed by atoms with Crippen LogP contribution in [0.1, 0.15) is 123 Å². The minimum absolute atomic E-state index is 0. The smallest absolute Gasteiger partial charge is 1.00 e. The second-order valence-corrected chi connectivity index (χ2v) is 12.1. The van der Waals surface area contributed by atoms with Gasteiger partial charge in [0.1, 0.15) is 17.1 Å². The average molecular weight is 553 g/mol. The monoisotopic (exact) mass is 552 g/mol. The first-order chi connectivity index (χ1) is 16.3. The van der Waals surface area contributed by atoms with Gasteiger partial charge in [0.2, 0.25) is 0 Å². The van der Waals surface area contributed by atoms with Gasteiger partial charge in [0, 0.05) is 5.56 Å². The van der Waals surface area contributed by atoms with E-state index in [-0.39, 0.29) is 58.4 Å². The van der Waals surface area contributed by atoms with Crippen molar-refractivity contribution in [2.75, 3.05) is 0 Å². The zero-order valence-electron chi connectivity index (χ0n) is 25.6. The van der Waals surface area contributed by atoms with Crippen LogP contribution in [0.15, 0.2) is 0 Å². The van der Waals surface area contributed by atoms with Crippen LogP contribution in [0.25, 0.3) is 0 Å². The Labute approximate surface area is 268 Å². The SMILES string of the molecule is Cc1c(C)c2c(c(C)c1O)CC[C@@](C)(CCCC(C)CCCC(C)CCCC(C)C)O2.O=S(O)O.[H-].[K+]. The first kappa shape index (κ1) is 36.5. The molecule has 1 aromatic rings. The molecular weight excluding hydrogens is 499 g/mol. The fraction of sp³-hybridized carbons (Fsp3) is 0.793. The van der Waals surface area contributed by atoms with Gasteiger partial charge in [-0.3, -0.25) is 9.11 Å². The number of phenolic OH excluding ortho intramolecular Hbond substituents is 1. The van der Waals surface area contributed by atoms with E-state index in [1.165, 1.54) is 56.9 Å². The van der Waals surface area contributed by atoms with Gasteiger partial charge in [0.05, 0.1) is 0 Å². The van der Waals surface area contributed by atoms with E-state index in [1.54, 1.807) is 0 Å². The first-order valence-corrected chi connectivity index (χ1v) is 14.6. The van der Waals surface area contributed by atoms with Crippen LogP contribution in [0.2, 0.25) is 0 Å². The molecule has 1 aliphatic heterocycles. The summed E-state index contributed by atoms with van der Waals surface area (Å²) in [4.78, 5) is 0. The van der Waals surface area contributed by atoms with E-state index in [0.717, 1.165) is 59.5 Å². The van der Waals surface area contributed by atoms with Gasteiger partial charge in [-0.05, 0) is 87.8 Å². The zero-order valence-corrected chi connectivity index (χ0v) is 28.5. The first-order valence-electron chi connectivity index (χ1n) is 13.6. The van der Waals surface area contributed by atoms with Gasteiger partial charge in [-0.15, -0.1) is 0 Å². The standard InChI is InChI=1S/C29H50O2.K.H2O3S.H/c1-20(2)12-9-13-21(3)14-10-15-22(4)16-11-18-29(8)19-17-26-25(7)27(30)23(5)24(6)28(26)31-29;;1-4(2)3;/h20-22,30H,9-19H2,1-8H3;;(H2,1,2,3);/q;+1;;-1/t21?,22?,29-;;;/m1.../s1. The van der Waals surface area contributed by atoms with Gasteiger partial charge >= 0.3 is 51.4 Å². The summed E-state index contributed by atoms with van der Waals surface area (Å²) in [5, 5.41) is 10.4. The maximum absolute atomic E-state index is 10.4. The fourth-order valence-electron chi connectivity index (χ4n) is 5.27. The van der Waals surface area contributed by atoms with Crippen molar-refractivity contribution in [2.24, 2.45) is 17.8 Å². The second-order valence-electron chi connectivity index (χ2n) is 11.7. The Balaban J connectivity index is 0. The van der Waals surface area contributed by atoms with Crippen LogP contribution in [0, 0.1) is 38.5 Å². The molecule has 1 aliphatic rings. The number of benzene rings is 1. The average Bonchev–Trinajstić information content (AvgIpc) is 2.75. The quantitative estimate of drug-likeness (QED) is 0.231. The summed E-state index contributed by atoms with van der Waals surface area (Å²) < 4.78 is 29.4. The van der Waals surface area contributed by atoms with Gasteiger partial charge < -0.3 is 11.3 Å². The molecule has 3 N–H and O–H groups in total. The molecule has 0 spiro atoms. The molecule has 2 unspecified atom stereocenters. The summed E-state index contributed by atoms with van der Waals surface area (Å²) >= 11 is -2.61. The van der Waals surface area contributed by atoms with Crippen molar-refractivity contribution >= 4 is 11.4 Å². The van der Waals surface area contributed by atoms with Crippen molar-refractivity contribution in [2.45, 2.75) is 132 Å². The molecule has 1 heterocycles.